The molecule has 3 N–H and O–H groups in total. The second-order valence-corrected chi connectivity index (χ2v) is 5.75. The number of aryl methyl sites for hydroxylation is 2. The van der Waals surface area contributed by atoms with Crippen molar-refractivity contribution in [1.29, 1.82) is 0 Å². The number of nitrogens with two attached hydrogens (primary N) is 1. The van der Waals surface area contributed by atoms with Crippen LogP contribution in [0.15, 0.2) is 24.3 Å². The van der Waals surface area contributed by atoms with Crippen LogP contribution in [0.1, 0.15) is 27.9 Å². The summed E-state index contributed by atoms with van der Waals surface area (Å²) in [7, 11) is -4.60. The second kappa shape index (κ2) is 7.57. The molecule has 0 saturated heterocycles. The first-order chi connectivity index (χ1) is 16.0. The van der Waals surface area contributed by atoms with Gasteiger partial charge in [0.25, 0.3) is 0 Å². The molecule has 142 valence electrons. The molecule has 3 aromatic rings. The zero-order valence-corrected chi connectivity index (χ0v) is 15.0. The Morgan fingerprint density at radius 3 is 2.44 bits per heavy atom. The minimum absolute atomic E-state index is 0.0260. The molecule has 27 heavy (non-hydrogen) atoms. The van der Waals surface area contributed by atoms with Crippen LogP contribution in [-0.4, -0.2) is 31.2 Å². The van der Waals surface area contributed by atoms with Crippen molar-refractivity contribution in [2.45, 2.75) is 20.3 Å². The number of aromatic nitrogens is 2. The number of nitrogens with zero attached hydrogens (tertiary/aromatic N) is 2. The quantitative estimate of drug-likeness (QED) is 0.680. The third kappa shape index (κ3) is 3.53. The number of anilines is 2. The summed E-state index contributed by atoms with van der Waals surface area (Å²) in [5, 5.41) is 3.14. The number of methoxy groups -OCH3 is 3. The Bertz CT molecular complexity index is 1220. The lowest BCUT2D eigenvalue weighted by molar-refractivity contribution is 0.324. The summed E-state index contributed by atoms with van der Waals surface area (Å²) in [6, 6.07) is 5.50. The molecule has 1 heterocycles. The normalized spacial score (nSPS) is 16.6. The highest BCUT2D eigenvalue weighted by molar-refractivity contribution is 5.92. The van der Waals surface area contributed by atoms with Crippen LogP contribution in [0.5, 0.6) is 17.2 Å². The summed E-state index contributed by atoms with van der Waals surface area (Å²) in [4.78, 5) is 8.48. The number of rotatable bonds is 6. The molecule has 0 amide bonds. The molecule has 0 aliphatic carbocycles. The number of nitrogens with one attached hydrogen (secondary N) is 1. The molecule has 2 aromatic carbocycles. The van der Waals surface area contributed by atoms with Crippen molar-refractivity contribution in [2.24, 2.45) is 0 Å². The van der Waals surface area contributed by atoms with Gasteiger partial charge in [0, 0.05) is 29.7 Å². The number of fused-ring (bicyclic) bond motifs is 1. The molecule has 3 rings (SSSR count). The first kappa shape index (κ1) is 10.8. The van der Waals surface area contributed by atoms with Crippen LogP contribution < -0.4 is 25.3 Å². The maximum atomic E-state index is 8.67. The molecule has 0 aliphatic heterocycles. The Labute approximate surface area is 169 Å². The maximum Gasteiger partial charge on any atom is 0.203 e. The van der Waals surface area contributed by atoms with Gasteiger partial charge in [-0.25, -0.2) is 9.97 Å². The van der Waals surface area contributed by atoms with Gasteiger partial charge in [-0.05, 0) is 31.0 Å². The lowest BCUT2D eigenvalue weighted by Crippen LogP contribution is -2.05. The topological polar surface area (TPSA) is 91.5 Å². The van der Waals surface area contributed by atoms with Gasteiger partial charge in [0.1, 0.15) is 11.6 Å². The summed E-state index contributed by atoms with van der Waals surface area (Å²) in [6.45, 7) is 1.13. The van der Waals surface area contributed by atoms with E-state index in [0.29, 0.717) is 22.3 Å². The Hall–Kier alpha value is -3.22. The molecule has 0 radical (unpaired) electrons. The van der Waals surface area contributed by atoms with E-state index in [4.69, 9.17) is 30.9 Å². The highest BCUT2D eigenvalue weighted by Crippen LogP contribution is 2.40. The first-order valence-electron chi connectivity index (χ1n) is 11.9. The van der Waals surface area contributed by atoms with Crippen molar-refractivity contribution in [3.05, 3.63) is 41.2 Å². The first-order valence-corrected chi connectivity index (χ1v) is 7.93. The fraction of sp³-hybridized carbons (Fsp3) is 0.300. The minimum Gasteiger partial charge on any atom is -0.493 e. The molecule has 0 aliphatic rings. The van der Waals surface area contributed by atoms with Crippen LogP contribution in [0.2, 0.25) is 0 Å². The monoisotopic (exact) mass is 376 g/mol. The van der Waals surface area contributed by atoms with E-state index in [1.807, 2.05) is 0 Å². The van der Waals surface area contributed by atoms with Gasteiger partial charge in [-0.2, -0.15) is 0 Å². The van der Waals surface area contributed by atoms with Crippen LogP contribution in [0, 0.1) is 13.8 Å². The van der Waals surface area contributed by atoms with Gasteiger partial charge in [0.15, 0.2) is 11.5 Å². The Kier molecular flexibility index (Phi) is 3.03. The number of hydrogen-bond donors (Lipinski definition) is 2. The van der Waals surface area contributed by atoms with Gasteiger partial charge >= 0.3 is 0 Å². The molecule has 0 fully saturated rings. The average Bonchev–Trinajstić information content (AvgIpc) is 2.64. The predicted octanol–water partition coefficient (Wildman–Crippen LogP) is 3.47. The molecule has 7 nitrogen and oxygen atoms in total. The minimum atomic E-state index is -2.90. The fourth-order valence-electron chi connectivity index (χ4n) is 2.82. The molecular formula is C20H24N4O3. The molecule has 0 saturated carbocycles. The summed E-state index contributed by atoms with van der Waals surface area (Å²) in [6.07, 6.45) is 0. The van der Waals surface area contributed by atoms with Crippen LogP contribution in [-0.2, 0) is 6.50 Å². The summed E-state index contributed by atoms with van der Waals surface area (Å²) in [5.74, 6) is -0.323. The van der Waals surface area contributed by atoms with Gasteiger partial charge in [0.05, 0.1) is 37.7 Å². The van der Waals surface area contributed by atoms with Crippen molar-refractivity contribution in [2.75, 3.05) is 32.2 Å². The summed E-state index contributed by atoms with van der Waals surface area (Å²) >= 11 is 0. The fourth-order valence-corrected chi connectivity index (χ4v) is 2.82. The van der Waals surface area contributed by atoms with Crippen molar-refractivity contribution in [3.63, 3.8) is 0 Å². The zero-order valence-electron chi connectivity index (χ0n) is 23.0. The van der Waals surface area contributed by atoms with Crippen molar-refractivity contribution >= 4 is 22.4 Å². The Balaban J connectivity index is 2.12. The maximum absolute atomic E-state index is 8.67. The van der Waals surface area contributed by atoms with E-state index in [9.17, 15) is 0 Å². The van der Waals surface area contributed by atoms with Crippen LogP contribution in [0.25, 0.3) is 10.9 Å². The average molecular weight is 376 g/mol. The smallest absolute Gasteiger partial charge is 0.203 e. The highest BCUT2D eigenvalue weighted by atomic mass is 16.5. The number of ether oxygens (including phenoxy) is 3. The highest BCUT2D eigenvalue weighted by Gasteiger charge is 2.14. The molecule has 1 aromatic heterocycles. The lowest BCUT2D eigenvalue weighted by Gasteiger charge is -2.16. The van der Waals surface area contributed by atoms with E-state index in [0.717, 1.165) is 0 Å². The molecule has 7 heteroatoms. The number of nitrogen functional groups attached to an aromatic ring is 1. The number of hydrogen-bond acceptors (Lipinski definition) is 7. The summed E-state index contributed by atoms with van der Waals surface area (Å²) < 4.78 is 76.8. The van der Waals surface area contributed by atoms with Gasteiger partial charge in [-0.15, -0.1) is 0 Å². The number of benzene rings is 2. The molecule has 0 bridgehead atoms. The standard InChI is InChI=1S/C20H24N4O3/c1-11-13(6-7-15-18(11)20(21)24-12(2)23-15)10-22-14-8-16(25-3)19(27-5)17(9-14)26-4/h6-9,22H,10H2,1-5H3,(H2,21,23,24)/i3D3,4D3,10D2. The van der Waals surface area contributed by atoms with E-state index in [1.165, 1.54) is 19.2 Å². The van der Waals surface area contributed by atoms with E-state index >= 15 is 0 Å². The third-order valence-electron chi connectivity index (χ3n) is 4.05. The van der Waals surface area contributed by atoms with Gasteiger partial charge in [0.2, 0.25) is 5.75 Å². The zero-order chi connectivity index (χ0) is 26.3. The van der Waals surface area contributed by atoms with E-state index in [2.05, 4.69) is 15.3 Å². The largest absolute Gasteiger partial charge is 0.493 e. The van der Waals surface area contributed by atoms with Gasteiger partial charge in [-0.3, -0.25) is 0 Å². The van der Waals surface area contributed by atoms with E-state index in [-0.39, 0.29) is 34.3 Å². The predicted molar refractivity (Wildman–Crippen MR) is 107 cm³/mol. The van der Waals surface area contributed by atoms with E-state index in [1.54, 1.807) is 26.0 Å². The molecule has 0 atom stereocenters. The van der Waals surface area contributed by atoms with E-state index < -0.39 is 20.6 Å². The van der Waals surface area contributed by atoms with Crippen LogP contribution in [0.4, 0.5) is 11.5 Å². The van der Waals surface area contributed by atoms with Crippen molar-refractivity contribution in [1.82, 2.24) is 9.97 Å². The van der Waals surface area contributed by atoms with Gasteiger partial charge < -0.3 is 25.3 Å². The third-order valence-corrected chi connectivity index (χ3v) is 4.05. The van der Waals surface area contributed by atoms with Crippen molar-refractivity contribution < 1.29 is 25.2 Å². The SMILES string of the molecule is [2H]C([2H])([2H])Oc1cc(NC([2H])([2H])c2ccc3nc(C)nc(N)c3c2C)cc(OC([2H])([2H])[2H])c1OC. The van der Waals surface area contributed by atoms with Crippen LogP contribution in [0.3, 0.4) is 0 Å². The Morgan fingerprint density at radius 2 is 1.81 bits per heavy atom. The van der Waals surface area contributed by atoms with Crippen LogP contribution >= 0.6 is 0 Å². The van der Waals surface area contributed by atoms with Crippen molar-refractivity contribution in [3.8, 4) is 17.2 Å². The summed E-state index contributed by atoms with van der Waals surface area (Å²) in [5.41, 5.74) is 7.29. The molecule has 0 spiro atoms. The lowest BCUT2D eigenvalue weighted by atomic mass is 10.0. The Morgan fingerprint density at radius 1 is 1.11 bits per heavy atom. The molecular weight excluding hydrogens is 344 g/mol. The second-order valence-electron chi connectivity index (χ2n) is 5.75. The van der Waals surface area contributed by atoms with Gasteiger partial charge in [-0.1, -0.05) is 6.07 Å². The molecule has 0 unspecified atom stereocenters.